The van der Waals surface area contributed by atoms with Crippen molar-refractivity contribution >= 4 is 5.97 Å². The topological polar surface area (TPSA) is 37.3 Å². The first kappa shape index (κ1) is 12.5. The zero-order chi connectivity index (χ0) is 10.5. The van der Waals surface area contributed by atoms with E-state index in [2.05, 4.69) is 27.7 Å². The number of rotatable bonds is 6. The Balaban J connectivity index is 4.03. The second kappa shape index (κ2) is 5.25. The lowest BCUT2D eigenvalue weighted by atomic mass is 9.78. The molecular formula is C11H22O2. The van der Waals surface area contributed by atoms with Gasteiger partial charge in [0.25, 0.3) is 0 Å². The summed E-state index contributed by atoms with van der Waals surface area (Å²) >= 11 is 0. The van der Waals surface area contributed by atoms with E-state index in [1.807, 2.05) is 0 Å². The van der Waals surface area contributed by atoms with E-state index in [4.69, 9.17) is 5.11 Å². The van der Waals surface area contributed by atoms with Crippen LogP contribution in [0.25, 0.3) is 0 Å². The quantitative estimate of drug-likeness (QED) is 0.691. The molecule has 0 saturated heterocycles. The third-order valence-corrected chi connectivity index (χ3v) is 2.76. The molecule has 1 unspecified atom stereocenters. The zero-order valence-electron chi connectivity index (χ0n) is 9.26. The van der Waals surface area contributed by atoms with Crippen LogP contribution in [0.4, 0.5) is 0 Å². The molecule has 0 rings (SSSR count). The Morgan fingerprint density at radius 3 is 2.31 bits per heavy atom. The Labute approximate surface area is 81.3 Å². The standard InChI is InChI=1S/C11H22O2/c1-5-11(4,8-10(12)13)7-6-9(2)3/h9H,5-8H2,1-4H3,(H,12,13). The number of hydrogen-bond donors (Lipinski definition) is 1. The van der Waals surface area contributed by atoms with Gasteiger partial charge in [0.1, 0.15) is 0 Å². The van der Waals surface area contributed by atoms with E-state index in [1.54, 1.807) is 0 Å². The van der Waals surface area contributed by atoms with Crippen LogP contribution in [-0.4, -0.2) is 11.1 Å². The van der Waals surface area contributed by atoms with Gasteiger partial charge in [-0.05, 0) is 17.8 Å². The minimum absolute atomic E-state index is 0.00387. The molecule has 2 heteroatoms. The molecule has 13 heavy (non-hydrogen) atoms. The van der Waals surface area contributed by atoms with Crippen molar-refractivity contribution in [3.8, 4) is 0 Å². The van der Waals surface area contributed by atoms with Crippen molar-refractivity contribution in [2.24, 2.45) is 11.3 Å². The molecule has 0 bridgehead atoms. The highest BCUT2D eigenvalue weighted by atomic mass is 16.4. The first-order valence-electron chi connectivity index (χ1n) is 5.11. The van der Waals surface area contributed by atoms with E-state index in [9.17, 15) is 4.79 Å². The number of carboxylic acid groups (broad SMARTS) is 1. The minimum atomic E-state index is -0.673. The van der Waals surface area contributed by atoms with Crippen LogP contribution in [0.1, 0.15) is 53.4 Å². The Bertz CT molecular complexity index is 163. The fourth-order valence-electron chi connectivity index (χ4n) is 1.39. The van der Waals surface area contributed by atoms with Gasteiger partial charge in [-0.1, -0.05) is 40.5 Å². The molecule has 2 nitrogen and oxygen atoms in total. The predicted octanol–water partition coefficient (Wildman–Crippen LogP) is 3.31. The van der Waals surface area contributed by atoms with Gasteiger partial charge in [-0.15, -0.1) is 0 Å². The summed E-state index contributed by atoms with van der Waals surface area (Å²) in [6.07, 6.45) is 3.40. The molecule has 0 aliphatic rings. The van der Waals surface area contributed by atoms with Gasteiger partial charge in [-0.25, -0.2) is 0 Å². The molecule has 0 aromatic heterocycles. The summed E-state index contributed by atoms with van der Waals surface area (Å²) in [5, 5.41) is 8.75. The summed E-state index contributed by atoms with van der Waals surface area (Å²) in [7, 11) is 0. The third kappa shape index (κ3) is 5.67. The number of carboxylic acids is 1. The van der Waals surface area contributed by atoms with E-state index in [-0.39, 0.29) is 5.41 Å². The van der Waals surface area contributed by atoms with Crippen LogP contribution in [0, 0.1) is 11.3 Å². The van der Waals surface area contributed by atoms with Crippen molar-refractivity contribution in [2.75, 3.05) is 0 Å². The number of hydrogen-bond acceptors (Lipinski definition) is 1. The fourth-order valence-corrected chi connectivity index (χ4v) is 1.39. The van der Waals surface area contributed by atoms with Crippen molar-refractivity contribution in [1.29, 1.82) is 0 Å². The lowest BCUT2D eigenvalue weighted by Crippen LogP contribution is -2.20. The van der Waals surface area contributed by atoms with Gasteiger partial charge in [0.2, 0.25) is 0 Å². The average Bonchev–Trinajstić information content (AvgIpc) is 2.00. The second-order valence-electron chi connectivity index (χ2n) is 4.67. The molecule has 0 radical (unpaired) electrons. The van der Waals surface area contributed by atoms with Crippen LogP contribution < -0.4 is 0 Å². The van der Waals surface area contributed by atoms with Crippen molar-refractivity contribution < 1.29 is 9.90 Å². The molecule has 0 fully saturated rings. The Kier molecular flexibility index (Phi) is 5.04. The molecule has 0 amide bonds. The SMILES string of the molecule is CCC(C)(CCC(C)C)CC(=O)O. The number of carbonyl (C=O) groups is 1. The predicted molar refractivity (Wildman–Crippen MR) is 54.7 cm³/mol. The maximum atomic E-state index is 10.6. The van der Waals surface area contributed by atoms with Gasteiger partial charge in [-0.2, -0.15) is 0 Å². The summed E-state index contributed by atoms with van der Waals surface area (Å²) in [6, 6.07) is 0. The summed E-state index contributed by atoms with van der Waals surface area (Å²) in [4.78, 5) is 10.6. The van der Waals surface area contributed by atoms with Crippen LogP contribution in [0.15, 0.2) is 0 Å². The van der Waals surface area contributed by atoms with E-state index < -0.39 is 5.97 Å². The lowest BCUT2D eigenvalue weighted by Gasteiger charge is -2.27. The maximum absolute atomic E-state index is 10.6. The van der Waals surface area contributed by atoms with Crippen LogP contribution in [-0.2, 0) is 4.79 Å². The van der Waals surface area contributed by atoms with Crippen LogP contribution >= 0.6 is 0 Å². The number of aliphatic carboxylic acids is 1. The summed E-state index contributed by atoms with van der Waals surface area (Å²) in [5.41, 5.74) is -0.00387. The van der Waals surface area contributed by atoms with Gasteiger partial charge < -0.3 is 5.11 Å². The first-order valence-corrected chi connectivity index (χ1v) is 5.11. The normalized spacial score (nSPS) is 15.8. The smallest absolute Gasteiger partial charge is 0.303 e. The maximum Gasteiger partial charge on any atom is 0.303 e. The molecule has 1 N–H and O–H groups in total. The fraction of sp³-hybridized carbons (Fsp3) is 0.909. The summed E-state index contributed by atoms with van der Waals surface area (Å²) in [6.45, 7) is 8.50. The lowest BCUT2D eigenvalue weighted by molar-refractivity contribution is -0.139. The van der Waals surface area contributed by atoms with Gasteiger partial charge in [0, 0.05) is 0 Å². The highest BCUT2D eigenvalue weighted by molar-refractivity contribution is 5.67. The minimum Gasteiger partial charge on any atom is -0.481 e. The average molecular weight is 186 g/mol. The summed E-state index contributed by atoms with van der Waals surface area (Å²) in [5.74, 6) is -0.00669. The first-order chi connectivity index (χ1) is 5.89. The molecule has 0 aromatic carbocycles. The third-order valence-electron chi connectivity index (χ3n) is 2.76. The van der Waals surface area contributed by atoms with Gasteiger partial charge in [-0.3, -0.25) is 4.79 Å². The molecule has 0 saturated carbocycles. The Morgan fingerprint density at radius 1 is 1.46 bits per heavy atom. The van der Waals surface area contributed by atoms with Crippen LogP contribution in [0.3, 0.4) is 0 Å². The molecule has 0 aliphatic carbocycles. The van der Waals surface area contributed by atoms with Crippen molar-refractivity contribution in [1.82, 2.24) is 0 Å². The molecular weight excluding hydrogens is 164 g/mol. The molecule has 0 aliphatic heterocycles. The van der Waals surface area contributed by atoms with Crippen LogP contribution in [0.2, 0.25) is 0 Å². The molecule has 78 valence electrons. The van der Waals surface area contributed by atoms with Crippen LogP contribution in [0.5, 0.6) is 0 Å². The second-order valence-corrected chi connectivity index (χ2v) is 4.67. The Morgan fingerprint density at radius 2 is 2.00 bits per heavy atom. The van der Waals surface area contributed by atoms with E-state index in [0.717, 1.165) is 19.3 Å². The van der Waals surface area contributed by atoms with Crippen molar-refractivity contribution in [2.45, 2.75) is 53.4 Å². The van der Waals surface area contributed by atoms with E-state index in [1.165, 1.54) is 0 Å². The largest absolute Gasteiger partial charge is 0.481 e. The van der Waals surface area contributed by atoms with Crippen molar-refractivity contribution in [3.05, 3.63) is 0 Å². The van der Waals surface area contributed by atoms with E-state index >= 15 is 0 Å². The van der Waals surface area contributed by atoms with Gasteiger partial charge >= 0.3 is 5.97 Å². The molecule has 0 aromatic rings. The highest BCUT2D eigenvalue weighted by Gasteiger charge is 2.25. The molecule has 1 atom stereocenters. The zero-order valence-corrected chi connectivity index (χ0v) is 9.26. The van der Waals surface area contributed by atoms with E-state index in [0.29, 0.717) is 12.3 Å². The molecule has 0 spiro atoms. The monoisotopic (exact) mass is 186 g/mol. The Hall–Kier alpha value is -0.530. The van der Waals surface area contributed by atoms with Gasteiger partial charge in [0.15, 0.2) is 0 Å². The highest BCUT2D eigenvalue weighted by Crippen LogP contribution is 2.32. The summed E-state index contributed by atoms with van der Waals surface area (Å²) < 4.78 is 0. The van der Waals surface area contributed by atoms with Crippen molar-refractivity contribution in [3.63, 3.8) is 0 Å². The molecule has 0 heterocycles. The van der Waals surface area contributed by atoms with Gasteiger partial charge in [0.05, 0.1) is 6.42 Å².